The van der Waals surface area contributed by atoms with Gasteiger partial charge in [0.1, 0.15) is 0 Å². The van der Waals surface area contributed by atoms with Crippen LogP contribution >= 0.6 is 11.8 Å². The van der Waals surface area contributed by atoms with E-state index in [0.29, 0.717) is 5.25 Å². The summed E-state index contributed by atoms with van der Waals surface area (Å²) in [6, 6.07) is 0. The van der Waals surface area contributed by atoms with Crippen molar-refractivity contribution >= 4 is 23.4 Å². The van der Waals surface area contributed by atoms with E-state index in [9.17, 15) is 4.79 Å². The van der Waals surface area contributed by atoms with Gasteiger partial charge in [-0.3, -0.25) is 0 Å². The Morgan fingerprint density at radius 3 is 3.23 bits per heavy atom. The lowest BCUT2D eigenvalue weighted by Crippen LogP contribution is -2.20. The van der Waals surface area contributed by atoms with Gasteiger partial charge in [-0.1, -0.05) is 5.16 Å². The molecule has 0 aliphatic carbocycles. The van der Waals surface area contributed by atoms with Crippen LogP contribution in [0.1, 0.15) is 19.8 Å². The Morgan fingerprint density at radius 1 is 1.85 bits per heavy atom. The first kappa shape index (κ1) is 10.4. The Hall–Kier alpha value is -0.710. The van der Waals surface area contributed by atoms with Gasteiger partial charge in [0.2, 0.25) is 6.61 Å². The van der Waals surface area contributed by atoms with E-state index >= 15 is 0 Å². The maximum atomic E-state index is 10.1. The van der Waals surface area contributed by atoms with Crippen molar-refractivity contribution in [3.05, 3.63) is 0 Å². The van der Waals surface area contributed by atoms with Crippen LogP contribution in [-0.2, 0) is 9.63 Å². The summed E-state index contributed by atoms with van der Waals surface area (Å²) in [7, 11) is 0. The van der Waals surface area contributed by atoms with Crippen LogP contribution in [0.4, 0.5) is 0 Å². The standard InChI is InChI=1S/C8H13NO3S/c1-6-7(3-2-4-13-6)9-12-5-8(10)11/h6H,2-5H2,1H3,(H,10,11). The third kappa shape index (κ3) is 3.67. The van der Waals surface area contributed by atoms with Crippen LogP contribution in [0, 0.1) is 0 Å². The number of carboxylic acid groups (broad SMARTS) is 1. The molecule has 0 amide bonds. The van der Waals surface area contributed by atoms with E-state index in [1.807, 2.05) is 11.8 Å². The molecule has 0 aromatic rings. The molecular weight excluding hydrogens is 190 g/mol. The first-order chi connectivity index (χ1) is 6.20. The molecule has 13 heavy (non-hydrogen) atoms. The monoisotopic (exact) mass is 203 g/mol. The molecule has 0 aromatic carbocycles. The normalized spacial score (nSPS) is 25.9. The first-order valence-electron chi connectivity index (χ1n) is 4.22. The Kier molecular flexibility index (Phi) is 4.08. The summed E-state index contributed by atoms with van der Waals surface area (Å²) in [5.74, 6) is 0.166. The first-order valence-corrected chi connectivity index (χ1v) is 5.27. The molecule has 1 unspecified atom stereocenters. The number of aliphatic carboxylic acids is 1. The van der Waals surface area contributed by atoms with E-state index in [0.717, 1.165) is 24.3 Å². The van der Waals surface area contributed by atoms with Crippen LogP contribution in [0.2, 0.25) is 0 Å². The van der Waals surface area contributed by atoms with E-state index in [2.05, 4.69) is 16.9 Å². The summed E-state index contributed by atoms with van der Waals surface area (Å²) in [6.07, 6.45) is 2.03. The minimum atomic E-state index is -0.986. The van der Waals surface area contributed by atoms with Gasteiger partial charge in [-0.2, -0.15) is 11.8 Å². The molecular formula is C8H13NO3S. The van der Waals surface area contributed by atoms with Gasteiger partial charge in [-0.05, 0) is 25.5 Å². The van der Waals surface area contributed by atoms with Crippen molar-refractivity contribution in [3.8, 4) is 0 Å². The van der Waals surface area contributed by atoms with Crippen LogP contribution in [-0.4, -0.2) is 34.4 Å². The van der Waals surface area contributed by atoms with Crippen LogP contribution in [0.3, 0.4) is 0 Å². The molecule has 0 spiro atoms. The van der Waals surface area contributed by atoms with E-state index in [-0.39, 0.29) is 6.61 Å². The third-order valence-electron chi connectivity index (χ3n) is 1.78. The Labute approximate surface area is 81.3 Å². The van der Waals surface area contributed by atoms with E-state index in [1.165, 1.54) is 0 Å². The van der Waals surface area contributed by atoms with E-state index < -0.39 is 5.97 Å². The average Bonchev–Trinajstić information content (AvgIpc) is 2.08. The second kappa shape index (κ2) is 5.11. The number of nitrogens with zero attached hydrogens (tertiary/aromatic N) is 1. The molecule has 5 heteroatoms. The molecule has 0 bridgehead atoms. The van der Waals surface area contributed by atoms with Crippen molar-refractivity contribution in [2.24, 2.45) is 5.16 Å². The van der Waals surface area contributed by atoms with Crippen molar-refractivity contribution in [2.45, 2.75) is 25.0 Å². The quantitative estimate of drug-likeness (QED) is 0.703. The minimum absolute atomic E-state index is 0.346. The molecule has 1 atom stereocenters. The number of rotatable bonds is 3. The van der Waals surface area contributed by atoms with Crippen molar-refractivity contribution < 1.29 is 14.7 Å². The zero-order chi connectivity index (χ0) is 9.68. The second-order valence-electron chi connectivity index (χ2n) is 2.87. The minimum Gasteiger partial charge on any atom is -0.479 e. The second-order valence-corrected chi connectivity index (χ2v) is 4.32. The highest BCUT2D eigenvalue weighted by atomic mass is 32.2. The Balaban J connectivity index is 2.35. The molecule has 0 aromatic heterocycles. The molecule has 1 aliphatic heterocycles. The summed E-state index contributed by atoms with van der Waals surface area (Å²) >= 11 is 1.83. The molecule has 1 heterocycles. The lowest BCUT2D eigenvalue weighted by molar-refractivity contribution is -0.142. The zero-order valence-electron chi connectivity index (χ0n) is 7.52. The van der Waals surface area contributed by atoms with Gasteiger partial charge in [-0.25, -0.2) is 4.79 Å². The van der Waals surface area contributed by atoms with Gasteiger partial charge in [0, 0.05) is 5.25 Å². The maximum Gasteiger partial charge on any atom is 0.344 e. The molecule has 0 radical (unpaired) electrons. The average molecular weight is 203 g/mol. The summed E-state index contributed by atoms with van der Waals surface area (Å²) < 4.78 is 0. The number of oxime groups is 1. The van der Waals surface area contributed by atoms with Gasteiger partial charge >= 0.3 is 5.97 Å². The molecule has 74 valence electrons. The van der Waals surface area contributed by atoms with Gasteiger partial charge < -0.3 is 9.94 Å². The third-order valence-corrected chi connectivity index (χ3v) is 3.08. The van der Waals surface area contributed by atoms with E-state index in [1.54, 1.807) is 0 Å². The number of thioether (sulfide) groups is 1. The summed E-state index contributed by atoms with van der Waals surface area (Å²) in [4.78, 5) is 14.8. The number of hydrogen-bond acceptors (Lipinski definition) is 4. The lowest BCUT2D eigenvalue weighted by Gasteiger charge is -2.18. The van der Waals surface area contributed by atoms with Crippen molar-refractivity contribution in [2.75, 3.05) is 12.4 Å². The molecule has 4 nitrogen and oxygen atoms in total. The SMILES string of the molecule is CC1SCCCC1=NOCC(=O)O. The highest BCUT2D eigenvalue weighted by Crippen LogP contribution is 2.22. The molecule has 1 rings (SSSR count). The smallest absolute Gasteiger partial charge is 0.344 e. The van der Waals surface area contributed by atoms with E-state index in [4.69, 9.17) is 5.11 Å². The number of hydrogen-bond donors (Lipinski definition) is 1. The summed E-state index contributed by atoms with van der Waals surface area (Å²) in [5.41, 5.74) is 0.970. The molecule has 1 aliphatic rings. The van der Waals surface area contributed by atoms with Crippen molar-refractivity contribution in [1.29, 1.82) is 0 Å². The van der Waals surface area contributed by atoms with Gasteiger partial charge in [0.05, 0.1) is 5.71 Å². The molecule has 0 saturated carbocycles. The Morgan fingerprint density at radius 2 is 2.62 bits per heavy atom. The molecule has 1 saturated heterocycles. The van der Waals surface area contributed by atoms with Crippen LogP contribution in [0.15, 0.2) is 5.16 Å². The fourth-order valence-corrected chi connectivity index (χ4v) is 2.12. The highest BCUT2D eigenvalue weighted by Gasteiger charge is 2.16. The number of carboxylic acids is 1. The van der Waals surface area contributed by atoms with Crippen LogP contribution in [0.25, 0.3) is 0 Å². The number of carbonyl (C=O) groups is 1. The van der Waals surface area contributed by atoms with Crippen molar-refractivity contribution in [3.63, 3.8) is 0 Å². The highest BCUT2D eigenvalue weighted by molar-refractivity contribution is 8.00. The predicted molar refractivity (Wildman–Crippen MR) is 52.2 cm³/mol. The van der Waals surface area contributed by atoms with Crippen LogP contribution < -0.4 is 0 Å². The van der Waals surface area contributed by atoms with Crippen LogP contribution in [0.5, 0.6) is 0 Å². The van der Waals surface area contributed by atoms with Gasteiger partial charge in [-0.15, -0.1) is 0 Å². The zero-order valence-corrected chi connectivity index (χ0v) is 8.34. The fourth-order valence-electron chi connectivity index (χ4n) is 1.10. The van der Waals surface area contributed by atoms with Gasteiger partial charge in [0.25, 0.3) is 0 Å². The fraction of sp³-hybridized carbons (Fsp3) is 0.750. The lowest BCUT2D eigenvalue weighted by atomic mass is 10.2. The van der Waals surface area contributed by atoms with Gasteiger partial charge in [0.15, 0.2) is 0 Å². The van der Waals surface area contributed by atoms with Crippen molar-refractivity contribution in [1.82, 2.24) is 0 Å². The topological polar surface area (TPSA) is 58.9 Å². The molecule has 1 fully saturated rings. The summed E-state index contributed by atoms with van der Waals surface area (Å²) in [6.45, 7) is 1.72. The largest absolute Gasteiger partial charge is 0.479 e. The maximum absolute atomic E-state index is 10.1. The molecule has 1 N–H and O–H groups in total. The Bertz CT molecular complexity index is 217. The predicted octanol–water partition coefficient (Wildman–Crippen LogP) is 1.36. The summed E-state index contributed by atoms with van der Waals surface area (Å²) in [5, 5.41) is 12.5.